The second-order valence-corrected chi connectivity index (χ2v) is 9.24. The number of allylic oxidation sites excluding steroid dienone is 2. The first kappa shape index (κ1) is 24.2. The third-order valence-corrected chi connectivity index (χ3v) is 6.70. The lowest BCUT2D eigenvalue weighted by Crippen LogP contribution is -2.20. The number of hydrogen-bond acceptors (Lipinski definition) is 6. The number of aryl methyl sites for hydroxylation is 1. The Hall–Kier alpha value is -5.12. The zero-order valence-electron chi connectivity index (χ0n) is 21.3. The molecule has 1 amide bonds. The molecule has 39 heavy (non-hydrogen) atoms. The number of rotatable bonds is 5. The summed E-state index contributed by atoms with van der Waals surface area (Å²) in [5.74, 6) is -1.27. The van der Waals surface area contributed by atoms with Crippen molar-refractivity contribution in [3.63, 3.8) is 0 Å². The van der Waals surface area contributed by atoms with Gasteiger partial charge < -0.3 is 19.6 Å². The van der Waals surface area contributed by atoms with Crippen molar-refractivity contribution in [3.05, 3.63) is 111 Å². The number of fused-ring (bicyclic) bond motifs is 2. The molecule has 0 saturated carbocycles. The van der Waals surface area contributed by atoms with Gasteiger partial charge in [-0.1, -0.05) is 18.7 Å². The van der Waals surface area contributed by atoms with Gasteiger partial charge in [0.25, 0.3) is 5.91 Å². The summed E-state index contributed by atoms with van der Waals surface area (Å²) >= 11 is 0. The maximum Gasteiger partial charge on any atom is 0.322 e. The standard InChI is InChI=1S/C29H24FN7O2/c1-16-10-11-31-29(35-16)39-21-8-9-22-19(12-21)13-24(18-4-6-20(7-5-18)36-28(38)17(2)30)37(3)27-25-23(22)14-32-26(25)33-15-34-27/h4-8,10-13,15H,2,9,14H2,1,3H3,(H,36,38)(H,32,33,34). The minimum atomic E-state index is -1.05. The lowest BCUT2D eigenvalue weighted by Gasteiger charge is -2.15. The van der Waals surface area contributed by atoms with Crippen LogP contribution >= 0.6 is 0 Å². The third kappa shape index (κ3) is 4.56. The molecule has 1 aliphatic carbocycles. The molecule has 10 heteroatoms. The van der Waals surface area contributed by atoms with Crippen molar-refractivity contribution < 1.29 is 13.9 Å². The summed E-state index contributed by atoms with van der Waals surface area (Å²) in [7, 11) is 1.95. The van der Waals surface area contributed by atoms with E-state index in [2.05, 4.69) is 37.9 Å². The van der Waals surface area contributed by atoms with E-state index >= 15 is 0 Å². The number of carbonyl (C=O) groups excluding carboxylic acids is 1. The van der Waals surface area contributed by atoms with Crippen LogP contribution in [0, 0.1) is 17.6 Å². The fourth-order valence-corrected chi connectivity index (χ4v) is 4.79. The highest BCUT2D eigenvalue weighted by Gasteiger charge is 2.18. The Labute approximate surface area is 222 Å². The summed E-state index contributed by atoms with van der Waals surface area (Å²) in [5, 5.41) is 4.43. The SMILES string of the molecule is C=C(F)C(=O)Nc1ccc(-c2cc3c(c4c5c([nH]cnc=5n2C)=NC4)CC=C(Oc2nccc(C)n2)C=3)cc1. The molecule has 3 aliphatic heterocycles. The molecule has 2 N–H and O–H groups in total. The van der Waals surface area contributed by atoms with E-state index < -0.39 is 11.7 Å². The number of carbonyl (C=O) groups is 1. The van der Waals surface area contributed by atoms with Crippen LogP contribution in [-0.4, -0.2) is 30.4 Å². The van der Waals surface area contributed by atoms with Gasteiger partial charge in [-0.25, -0.2) is 19.3 Å². The molecule has 4 aliphatic rings. The third-order valence-electron chi connectivity index (χ3n) is 6.70. The van der Waals surface area contributed by atoms with Gasteiger partial charge in [-0.05, 0) is 71.7 Å². The fraction of sp³-hybridized carbons (Fsp3) is 0.138. The summed E-state index contributed by atoms with van der Waals surface area (Å²) < 4.78 is 21.2. The number of anilines is 1. The van der Waals surface area contributed by atoms with Crippen LogP contribution in [0.5, 0.6) is 6.01 Å². The number of H-pyrrole nitrogens is 1. The minimum Gasteiger partial charge on any atom is -0.425 e. The molecule has 0 saturated heterocycles. The fourth-order valence-electron chi connectivity index (χ4n) is 4.79. The van der Waals surface area contributed by atoms with E-state index in [-0.39, 0.29) is 6.01 Å². The molecule has 0 fully saturated rings. The molecular formula is C29H24FN7O2. The average molecular weight is 522 g/mol. The van der Waals surface area contributed by atoms with E-state index in [0.717, 1.165) is 49.5 Å². The molecule has 2 aromatic rings. The normalized spacial score (nSPS) is 13.1. The molecular weight excluding hydrogens is 497 g/mol. The van der Waals surface area contributed by atoms with Gasteiger partial charge in [0.15, 0.2) is 5.83 Å². The maximum atomic E-state index is 13.2. The number of aromatic amines is 1. The second-order valence-electron chi connectivity index (χ2n) is 9.24. The van der Waals surface area contributed by atoms with E-state index in [9.17, 15) is 9.18 Å². The molecule has 0 radical (unpaired) electrons. The summed E-state index contributed by atoms with van der Waals surface area (Å²) in [6, 6.07) is 11.4. The van der Waals surface area contributed by atoms with E-state index in [1.807, 2.05) is 48.9 Å². The van der Waals surface area contributed by atoms with Gasteiger partial charge in [0, 0.05) is 30.3 Å². The number of nitrogens with zero attached hydrogens (tertiary/aromatic N) is 5. The lowest BCUT2D eigenvalue weighted by atomic mass is 9.97. The van der Waals surface area contributed by atoms with Crippen molar-refractivity contribution in [2.45, 2.75) is 19.9 Å². The van der Waals surface area contributed by atoms with Crippen LogP contribution < -0.4 is 20.8 Å². The van der Waals surface area contributed by atoms with Gasteiger partial charge in [0.2, 0.25) is 0 Å². The van der Waals surface area contributed by atoms with E-state index in [0.29, 0.717) is 24.4 Å². The summed E-state index contributed by atoms with van der Waals surface area (Å²) in [4.78, 5) is 32.9. The Balaban J connectivity index is 1.55. The van der Waals surface area contributed by atoms with Crippen LogP contribution in [0.15, 0.2) is 78.2 Å². The number of halogens is 1. The van der Waals surface area contributed by atoms with Crippen molar-refractivity contribution in [3.8, 4) is 17.3 Å². The Morgan fingerprint density at radius 3 is 2.77 bits per heavy atom. The Bertz CT molecular complexity index is 1940. The molecule has 0 unspecified atom stereocenters. The van der Waals surface area contributed by atoms with Crippen LogP contribution in [0.1, 0.15) is 16.8 Å². The number of benzene rings is 1. The van der Waals surface area contributed by atoms with E-state index in [4.69, 9.17) is 9.73 Å². The van der Waals surface area contributed by atoms with Crippen LogP contribution in [0.25, 0.3) is 17.3 Å². The molecule has 9 nitrogen and oxygen atoms in total. The number of aromatic nitrogens is 5. The molecule has 6 rings (SSSR count). The minimum absolute atomic E-state index is 0.289. The molecule has 0 atom stereocenters. The predicted molar refractivity (Wildman–Crippen MR) is 143 cm³/mol. The van der Waals surface area contributed by atoms with Gasteiger partial charge in [-0.15, -0.1) is 0 Å². The molecule has 0 spiro atoms. The number of nitrogens with one attached hydrogen (secondary N) is 2. The summed E-state index contributed by atoms with van der Waals surface area (Å²) in [5.41, 5.74) is 6.83. The number of amides is 1. The second kappa shape index (κ2) is 9.64. The number of ether oxygens (including phenoxy) is 1. The highest BCUT2D eigenvalue weighted by molar-refractivity contribution is 6.01. The predicted octanol–water partition coefficient (Wildman–Crippen LogP) is 3.22. The van der Waals surface area contributed by atoms with Crippen molar-refractivity contribution in [1.82, 2.24) is 24.5 Å². The average Bonchev–Trinajstić information content (AvgIpc) is 3.35. The lowest BCUT2D eigenvalue weighted by molar-refractivity contribution is -0.114. The van der Waals surface area contributed by atoms with Crippen molar-refractivity contribution >= 4 is 17.7 Å². The largest absolute Gasteiger partial charge is 0.425 e. The van der Waals surface area contributed by atoms with Gasteiger partial charge >= 0.3 is 6.01 Å². The summed E-state index contributed by atoms with van der Waals surface area (Å²) in [6.45, 7) is 5.48. The van der Waals surface area contributed by atoms with Crippen molar-refractivity contribution in [2.24, 2.45) is 12.0 Å². The molecule has 194 valence electrons. The van der Waals surface area contributed by atoms with Gasteiger partial charge in [0.1, 0.15) is 16.7 Å². The first-order valence-electron chi connectivity index (χ1n) is 12.3. The smallest absolute Gasteiger partial charge is 0.322 e. The van der Waals surface area contributed by atoms with Crippen LogP contribution in [0.4, 0.5) is 10.1 Å². The number of hydrogen-bond donors (Lipinski definition) is 2. The van der Waals surface area contributed by atoms with Crippen molar-refractivity contribution in [1.29, 1.82) is 0 Å². The maximum absolute atomic E-state index is 13.2. The molecule has 0 bridgehead atoms. The molecule has 4 heterocycles. The van der Waals surface area contributed by atoms with Gasteiger partial charge in [-0.2, -0.15) is 0 Å². The van der Waals surface area contributed by atoms with E-state index in [1.54, 1.807) is 24.7 Å². The zero-order valence-corrected chi connectivity index (χ0v) is 21.3. The molecule has 1 aromatic carbocycles. The highest BCUT2D eigenvalue weighted by atomic mass is 19.1. The van der Waals surface area contributed by atoms with Crippen LogP contribution in [0.2, 0.25) is 0 Å². The Morgan fingerprint density at radius 1 is 1.18 bits per heavy atom. The van der Waals surface area contributed by atoms with Crippen LogP contribution in [0.3, 0.4) is 0 Å². The van der Waals surface area contributed by atoms with E-state index in [1.165, 1.54) is 0 Å². The topological polar surface area (TPSA) is 110 Å². The zero-order chi connectivity index (χ0) is 27.1. The van der Waals surface area contributed by atoms with Gasteiger partial charge in [-0.3, -0.25) is 9.79 Å². The quantitative estimate of drug-likeness (QED) is 0.392. The first-order valence-corrected chi connectivity index (χ1v) is 12.3. The van der Waals surface area contributed by atoms with Crippen molar-refractivity contribution in [2.75, 3.05) is 5.32 Å². The Morgan fingerprint density at radius 2 is 2.00 bits per heavy atom. The van der Waals surface area contributed by atoms with Crippen LogP contribution in [-0.2, 0) is 24.8 Å². The summed E-state index contributed by atoms with van der Waals surface area (Å²) in [6.07, 6.45) is 7.95. The van der Waals surface area contributed by atoms with Gasteiger partial charge in [0.05, 0.1) is 18.1 Å². The molecule has 1 aromatic heterocycles. The monoisotopic (exact) mass is 521 g/mol. The Kier molecular flexibility index (Phi) is 5.99. The first-order chi connectivity index (χ1) is 18.9. The highest BCUT2D eigenvalue weighted by Crippen LogP contribution is 2.23.